The largest absolute Gasteiger partial charge is 0.496 e. The number of amides is 1. The molecular formula is C19H28N2O4. The van der Waals surface area contributed by atoms with Gasteiger partial charge in [0.2, 0.25) is 5.91 Å². The third-order valence-corrected chi connectivity index (χ3v) is 5.16. The fraction of sp³-hybridized carbons (Fsp3) is 0.632. The Labute approximate surface area is 149 Å². The lowest BCUT2D eigenvalue weighted by atomic mass is 9.90. The van der Waals surface area contributed by atoms with Gasteiger partial charge in [-0.3, -0.25) is 9.69 Å². The zero-order chi connectivity index (χ0) is 17.7. The van der Waals surface area contributed by atoms with E-state index in [1.165, 1.54) is 5.56 Å². The molecule has 0 aromatic heterocycles. The molecule has 2 aliphatic rings. The highest BCUT2D eigenvalue weighted by atomic mass is 16.5. The van der Waals surface area contributed by atoms with Gasteiger partial charge in [0.25, 0.3) is 0 Å². The molecule has 1 amide bonds. The summed E-state index contributed by atoms with van der Waals surface area (Å²) in [5.74, 6) is 0.967. The van der Waals surface area contributed by atoms with E-state index in [4.69, 9.17) is 14.2 Å². The second-order valence-corrected chi connectivity index (χ2v) is 6.91. The van der Waals surface area contributed by atoms with E-state index in [2.05, 4.69) is 22.3 Å². The van der Waals surface area contributed by atoms with Gasteiger partial charge in [-0.05, 0) is 30.5 Å². The normalized spacial score (nSPS) is 21.0. The van der Waals surface area contributed by atoms with Crippen LogP contribution in [-0.4, -0.2) is 56.9 Å². The molecule has 2 aliphatic heterocycles. The van der Waals surface area contributed by atoms with E-state index in [1.807, 2.05) is 6.07 Å². The summed E-state index contributed by atoms with van der Waals surface area (Å²) in [6, 6.07) is 6.29. The Morgan fingerprint density at radius 2 is 2.08 bits per heavy atom. The van der Waals surface area contributed by atoms with E-state index < -0.39 is 0 Å². The minimum atomic E-state index is -0.177. The van der Waals surface area contributed by atoms with Crippen LogP contribution in [0.4, 0.5) is 0 Å². The van der Waals surface area contributed by atoms with Gasteiger partial charge in [0.05, 0.1) is 25.9 Å². The zero-order valence-electron chi connectivity index (χ0n) is 15.2. The third kappa shape index (κ3) is 4.51. The van der Waals surface area contributed by atoms with Crippen LogP contribution in [-0.2, 0) is 27.4 Å². The zero-order valence-corrected chi connectivity index (χ0v) is 15.2. The molecule has 1 N–H and O–H groups in total. The number of methoxy groups -OCH3 is 2. The molecule has 6 heteroatoms. The number of rotatable bonds is 5. The van der Waals surface area contributed by atoms with Crippen LogP contribution in [0.15, 0.2) is 18.2 Å². The predicted octanol–water partition coefficient (Wildman–Crippen LogP) is 1.71. The van der Waals surface area contributed by atoms with Crippen LogP contribution in [0, 0.1) is 0 Å². The van der Waals surface area contributed by atoms with Gasteiger partial charge in [0, 0.05) is 45.3 Å². The maximum absolute atomic E-state index is 11.5. The Morgan fingerprint density at radius 1 is 1.28 bits per heavy atom. The van der Waals surface area contributed by atoms with Crippen LogP contribution in [0.5, 0.6) is 5.75 Å². The Kier molecular flexibility index (Phi) is 5.93. The van der Waals surface area contributed by atoms with Gasteiger partial charge >= 0.3 is 0 Å². The van der Waals surface area contributed by atoms with Crippen molar-refractivity contribution in [1.29, 1.82) is 0 Å². The number of benzene rings is 1. The van der Waals surface area contributed by atoms with Gasteiger partial charge in [0.15, 0.2) is 0 Å². The molecule has 2 heterocycles. The van der Waals surface area contributed by atoms with Crippen LogP contribution >= 0.6 is 0 Å². The fourth-order valence-corrected chi connectivity index (χ4v) is 3.66. The van der Waals surface area contributed by atoms with Crippen LogP contribution in [0.3, 0.4) is 0 Å². The van der Waals surface area contributed by atoms with E-state index in [-0.39, 0.29) is 11.5 Å². The van der Waals surface area contributed by atoms with Gasteiger partial charge in [-0.1, -0.05) is 6.07 Å². The number of piperidine rings is 1. The van der Waals surface area contributed by atoms with Crippen molar-refractivity contribution in [2.24, 2.45) is 0 Å². The summed E-state index contributed by atoms with van der Waals surface area (Å²) in [6.45, 7) is 4.57. The first kappa shape index (κ1) is 18.2. The molecule has 0 aliphatic carbocycles. The molecule has 1 aromatic rings. The number of carbonyl (C=O) groups excluding carboxylic acids is 1. The molecular weight excluding hydrogens is 320 g/mol. The summed E-state index contributed by atoms with van der Waals surface area (Å²) < 4.78 is 16.7. The summed E-state index contributed by atoms with van der Waals surface area (Å²) in [5, 5.41) is 2.99. The van der Waals surface area contributed by atoms with Crippen molar-refractivity contribution in [1.82, 2.24) is 10.2 Å². The lowest BCUT2D eigenvalue weighted by molar-refractivity contribution is -0.120. The minimum absolute atomic E-state index is 0.100. The molecule has 1 aromatic carbocycles. The first-order chi connectivity index (χ1) is 12.1. The SMILES string of the molecule is COCc1cc(CN2CCC3(CC2)CNC(=O)CCO3)ccc1OC. The Morgan fingerprint density at radius 3 is 2.80 bits per heavy atom. The highest BCUT2D eigenvalue weighted by molar-refractivity contribution is 5.76. The summed E-state index contributed by atoms with van der Waals surface area (Å²) in [4.78, 5) is 14.0. The maximum atomic E-state index is 11.5. The monoisotopic (exact) mass is 348 g/mol. The molecule has 1 spiro atoms. The second-order valence-electron chi connectivity index (χ2n) is 6.91. The standard InChI is InChI=1S/C19H28N2O4/c1-23-13-16-11-15(3-4-17(16)24-2)12-21-8-6-19(7-9-21)14-20-18(22)5-10-25-19/h3-4,11H,5-10,12-14H2,1-2H3,(H,20,22). The second kappa shape index (κ2) is 8.17. The number of nitrogens with one attached hydrogen (secondary N) is 1. The fourth-order valence-electron chi connectivity index (χ4n) is 3.66. The topological polar surface area (TPSA) is 60.0 Å². The Bertz CT molecular complexity index is 597. The molecule has 138 valence electrons. The lowest BCUT2D eigenvalue weighted by Gasteiger charge is -2.40. The predicted molar refractivity (Wildman–Crippen MR) is 94.5 cm³/mol. The maximum Gasteiger partial charge on any atom is 0.222 e. The van der Waals surface area contributed by atoms with Crippen LogP contribution in [0.2, 0.25) is 0 Å². The molecule has 25 heavy (non-hydrogen) atoms. The van der Waals surface area contributed by atoms with Gasteiger partial charge in [0.1, 0.15) is 5.75 Å². The van der Waals surface area contributed by atoms with Gasteiger partial charge in [-0.25, -0.2) is 0 Å². The number of likely N-dealkylation sites (tertiary alicyclic amines) is 1. The molecule has 0 saturated carbocycles. The summed E-state index contributed by atoms with van der Waals surface area (Å²) >= 11 is 0. The van der Waals surface area contributed by atoms with E-state index in [0.29, 0.717) is 26.2 Å². The average molecular weight is 348 g/mol. The van der Waals surface area contributed by atoms with E-state index in [9.17, 15) is 4.79 Å². The minimum Gasteiger partial charge on any atom is -0.496 e. The van der Waals surface area contributed by atoms with Crippen LogP contribution in [0.1, 0.15) is 30.4 Å². The van der Waals surface area contributed by atoms with E-state index in [1.54, 1.807) is 14.2 Å². The molecule has 3 rings (SSSR count). The molecule has 6 nitrogen and oxygen atoms in total. The summed E-state index contributed by atoms with van der Waals surface area (Å²) in [7, 11) is 3.38. The summed E-state index contributed by atoms with van der Waals surface area (Å²) in [6.07, 6.45) is 2.38. The van der Waals surface area contributed by atoms with Crippen molar-refractivity contribution in [3.8, 4) is 5.75 Å². The van der Waals surface area contributed by atoms with Crippen molar-refractivity contribution < 1.29 is 19.0 Å². The van der Waals surface area contributed by atoms with Crippen molar-refractivity contribution in [3.63, 3.8) is 0 Å². The molecule has 0 bridgehead atoms. The Hall–Kier alpha value is -1.63. The number of carbonyl (C=O) groups is 1. The van der Waals surface area contributed by atoms with Crippen LogP contribution < -0.4 is 10.1 Å². The molecule has 2 saturated heterocycles. The van der Waals surface area contributed by atoms with Crippen molar-refractivity contribution in [2.75, 3.05) is 40.5 Å². The number of hydrogen-bond acceptors (Lipinski definition) is 5. The number of ether oxygens (including phenoxy) is 3. The number of hydrogen-bond donors (Lipinski definition) is 1. The molecule has 2 fully saturated rings. The van der Waals surface area contributed by atoms with Crippen LogP contribution in [0.25, 0.3) is 0 Å². The average Bonchev–Trinajstić information content (AvgIpc) is 2.80. The van der Waals surface area contributed by atoms with Gasteiger partial charge in [-0.2, -0.15) is 0 Å². The quantitative estimate of drug-likeness (QED) is 0.878. The van der Waals surface area contributed by atoms with Crippen molar-refractivity contribution in [2.45, 2.75) is 38.0 Å². The van der Waals surface area contributed by atoms with Crippen molar-refractivity contribution >= 4 is 5.91 Å². The molecule has 0 atom stereocenters. The van der Waals surface area contributed by atoms with E-state index in [0.717, 1.165) is 43.8 Å². The van der Waals surface area contributed by atoms with Gasteiger partial charge in [-0.15, -0.1) is 0 Å². The molecule has 0 unspecified atom stereocenters. The first-order valence-electron chi connectivity index (χ1n) is 8.92. The lowest BCUT2D eigenvalue weighted by Crippen LogP contribution is -2.50. The van der Waals surface area contributed by atoms with Crippen molar-refractivity contribution in [3.05, 3.63) is 29.3 Å². The first-order valence-corrected chi connectivity index (χ1v) is 8.92. The Balaban J connectivity index is 1.58. The van der Waals surface area contributed by atoms with Gasteiger partial charge < -0.3 is 19.5 Å². The van der Waals surface area contributed by atoms with E-state index >= 15 is 0 Å². The highest BCUT2D eigenvalue weighted by Crippen LogP contribution is 2.29. The smallest absolute Gasteiger partial charge is 0.222 e. The third-order valence-electron chi connectivity index (χ3n) is 5.16. The number of nitrogens with zero attached hydrogens (tertiary/aromatic N) is 1. The molecule has 0 radical (unpaired) electrons. The summed E-state index contributed by atoms with van der Waals surface area (Å²) in [5.41, 5.74) is 2.16. The highest BCUT2D eigenvalue weighted by Gasteiger charge is 2.37.